The van der Waals surface area contributed by atoms with E-state index in [4.69, 9.17) is 4.74 Å². The molecule has 1 heterocycles. The van der Waals surface area contributed by atoms with Crippen molar-refractivity contribution >= 4 is 6.03 Å². The Morgan fingerprint density at radius 2 is 2.20 bits per heavy atom. The van der Waals surface area contributed by atoms with Crippen LogP contribution in [0.3, 0.4) is 0 Å². The van der Waals surface area contributed by atoms with Crippen molar-refractivity contribution in [3.63, 3.8) is 0 Å². The second-order valence-electron chi connectivity index (χ2n) is 5.38. The highest BCUT2D eigenvalue weighted by molar-refractivity contribution is 5.74. The highest BCUT2D eigenvalue weighted by atomic mass is 16.5. The number of urea groups is 1. The average Bonchev–Trinajstić information content (AvgIpc) is 2.47. The zero-order valence-corrected chi connectivity index (χ0v) is 12.2. The molecule has 2 rings (SSSR count). The molecule has 0 aromatic carbocycles. The molecule has 1 N–H and O–H groups in total. The van der Waals surface area contributed by atoms with Crippen molar-refractivity contribution in [2.75, 3.05) is 27.3 Å². The molecule has 1 aromatic heterocycles. The lowest BCUT2D eigenvalue weighted by Gasteiger charge is -2.37. The molecule has 2 atom stereocenters. The van der Waals surface area contributed by atoms with Crippen LogP contribution in [-0.4, -0.2) is 49.3 Å². The Kier molecular flexibility index (Phi) is 5.35. The summed E-state index contributed by atoms with van der Waals surface area (Å²) in [7, 11) is 3.54. The lowest BCUT2D eigenvalue weighted by atomic mass is 9.80. The highest BCUT2D eigenvalue weighted by Gasteiger charge is 2.32. The third kappa shape index (κ3) is 3.93. The van der Waals surface area contributed by atoms with Crippen LogP contribution < -0.4 is 5.32 Å². The van der Waals surface area contributed by atoms with Gasteiger partial charge >= 0.3 is 6.03 Å². The SMILES string of the molecule is COC[C@H]1CC[C@H]1NC(=O)N(C)CCc1ccncc1. The number of ether oxygens (including phenoxy) is 1. The van der Waals surface area contributed by atoms with Crippen molar-refractivity contribution in [1.29, 1.82) is 0 Å². The molecule has 1 aliphatic carbocycles. The van der Waals surface area contributed by atoms with E-state index in [9.17, 15) is 4.79 Å². The summed E-state index contributed by atoms with van der Waals surface area (Å²) in [5, 5.41) is 3.08. The van der Waals surface area contributed by atoms with Crippen LogP contribution in [0.15, 0.2) is 24.5 Å². The van der Waals surface area contributed by atoms with Crippen LogP contribution in [0.25, 0.3) is 0 Å². The molecule has 0 spiro atoms. The Balaban J connectivity index is 1.72. The maximum atomic E-state index is 12.1. The Labute approximate surface area is 120 Å². The lowest BCUT2D eigenvalue weighted by molar-refractivity contribution is 0.0805. The van der Waals surface area contributed by atoms with Gasteiger partial charge in [0.15, 0.2) is 0 Å². The van der Waals surface area contributed by atoms with E-state index in [0.717, 1.165) is 25.9 Å². The van der Waals surface area contributed by atoms with Crippen LogP contribution in [0, 0.1) is 5.92 Å². The van der Waals surface area contributed by atoms with Gasteiger partial charge in [0, 0.05) is 45.1 Å². The maximum Gasteiger partial charge on any atom is 0.317 e. The minimum Gasteiger partial charge on any atom is -0.384 e. The van der Waals surface area contributed by atoms with Crippen molar-refractivity contribution in [2.45, 2.75) is 25.3 Å². The number of hydrogen-bond acceptors (Lipinski definition) is 3. The second-order valence-corrected chi connectivity index (χ2v) is 5.38. The summed E-state index contributed by atoms with van der Waals surface area (Å²) in [6.07, 6.45) is 6.59. The number of methoxy groups -OCH3 is 1. The fraction of sp³-hybridized carbons (Fsp3) is 0.600. The van der Waals surface area contributed by atoms with Gasteiger partial charge in [0.1, 0.15) is 0 Å². The molecule has 110 valence electrons. The number of rotatable bonds is 6. The normalized spacial score (nSPS) is 21.1. The number of hydrogen-bond donors (Lipinski definition) is 1. The van der Waals surface area contributed by atoms with Crippen molar-refractivity contribution in [1.82, 2.24) is 15.2 Å². The largest absolute Gasteiger partial charge is 0.384 e. The molecule has 0 bridgehead atoms. The van der Waals surface area contributed by atoms with E-state index >= 15 is 0 Å². The van der Waals surface area contributed by atoms with Crippen molar-refractivity contribution in [3.8, 4) is 0 Å². The van der Waals surface area contributed by atoms with Crippen molar-refractivity contribution in [3.05, 3.63) is 30.1 Å². The quantitative estimate of drug-likeness (QED) is 0.861. The number of nitrogens with zero attached hydrogens (tertiary/aromatic N) is 2. The van der Waals surface area contributed by atoms with Gasteiger partial charge in [0.05, 0.1) is 6.61 Å². The van der Waals surface area contributed by atoms with Crippen LogP contribution >= 0.6 is 0 Å². The van der Waals surface area contributed by atoms with Crippen molar-refractivity contribution < 1.29 is 9.53 Å². The first-order chi connectivity index (χ1) is 9.70. The maximum absolute atomic E-state index is 12.1. The van der Waals surface area contributed by atoms with Gasteiger partial charge in [-0.3, -0.25) is 4.98 Å². The summed E-state index contributed by atoms with van der Waals surface area (Å²) in [4.78, 5) is 17.8. The smallest absolute Gasteiger partial charge is 0.317 e. The van der Waals surface area contributed by atoms with Crippen molar-refractivity contribution in [2.24, 2.45) is 5.92 Å². The van der Waals surface area contributed by atoms with Gasteiger partial charge in [-0.1, -0.05) is 0 Å². The molecule has 5 heteroatoms. The number of likely N-dealkylation sites (N-methyl/N-ethyl adjacent to an activating group) is 1. The minimum atomic E-state index is 0.00450. The zero-order chi connectivity index (χ0) is 14.4. The summed E-state index contributed by atoms with van der Waals surface area (Å²) >= 11 is 0. The zero-order valence-electron chi connectivity index (χ0n) is 12.2. The molecule has 0 saturated heterocycles. The van der Waals surface area contributed by atoms with E-state index in [0.29, 0.717) is 12.5 Å². The van der Waals surface area contributed by atoms with E-state index in [1.165, 1.54) is 5.56 Å². The number of pyridine rings is 1. The van der Waals surface area contributed by atoms with Gasteiger partial charge in [-0.25, -0.2) is 4.79 Å². The first-order valence-electron chi connectivity index (χ1n) is 7.10. The third-order valence-corrected chi connectivity index (χ3v) is 3.94. The monoisotopic (exact) mass is 277 g/mol. The second kappa shape index (κ2) is 7.24. The molecule has 0 aliphatic heterocycles. The Morgan fingerprint density at radius 1 is 1.45 bits per heavy atom. The Hall–Kier alpha value is -1.62. The third-order valence-electron chi connectivity index (χ3n) is 3.94. The fourth-order valence-corrected chi connectivity index (χ4v) is 2.39. The average molecular weight is 277 g/mol. The van der Waals surface area contributed by atoms with E-state index in [-0.39, 0.29) is 12.1 Å². The summed E-state index contributed by atoms with van der Waals surface area (Å²) in [5.74, 6) is 0.470. The van der Waals surface area contributed by atoms with E-state index in [2.05, 4.69) is 10.3 Å². The molecule has 1 saturated carbocycles. The lowest BCUT2D eigenvalue weighted by Crippen LogP contribution is -2.52. The fourth-order valence-electron chi connectivity index (χ4n) is 2.39. The predicted molar refractivity (Wildman–Crippen MR) is 77.5 cm³/mol. The first-order valence-corrected chi connectivity index (χ1v) is 7.10. The molecule has 2 amide bonds. The standard InChI is InChI=1S/C15H23N3O2/c1-18(10-7-12-5-8-16-9-6-12)15(19)17-14-4-3-13(14)11-20-2/h5-6,8-9,13-14H,3-4,7,10-11H2,1-2H3,(H,17,19)/t13-,14-/m1/s1. The van der Waals surface area contributed by atoms with E-state index in [1.807, 2.05) is 19.2 Å². The molecule has 0 radical (unpaired) electrons. The van der Waals surface area contributed by atoms with Gasteiger partial charge in [0.2, 0.25) is 0 Å². The molecule has 1 fully saturated rings. The number of aromatic nitrogens is 1. The summed E-state index contributed by atoms with van der Waals surface area (Å²) in [5.41, 5.74) is 1.19. The van der Waals surface area contributed by atoms with Crippen LogP contribution in [0.5, 0.6) is 0 Å². The van der Waals surface area contributed by atoms with Crippen LogP contribution in [0.2, 0.25) is 0 Å². The molecular formula is C15H23N3O2. The molecular weight excluding hydrogens is 254 g/mol. The van der Waals surface area contributed by atoms with Gasteiger partial charge in [-0.05, 0) is 37.0 Å². The van der Waals surface area contributed by atoms with Crippen LogP contribution in [0.4, 0.5) is 4.79 Å². The minimum absolute atomic E-state index is 0.00450. The predicted octanol–water partition coefficient (Wildman–Crippen LogP) is 1.69. The van der Waals surface area contributed by atoms with Crippen LogP contribution in [0.1, 0.15) is 18.4 Å². The summed E-state index contributed by atoms with van der Waals surface area (Å²) in [6.45, 7) is 1.43. The Morgan fingerprint density at radius 3 is 2.80 bits per heavy atom. The molecule has 5 nitrogen and oxygen atoms in total. The summed E-state index contributed by atoms with van der Waals surface area (Å²) in [6, 6.07) is 4.23. The first kappa shape index (κ1) is 14.8. The van der Waals surface area contributed by atoms with E-state index in [1.54, 1.807) is 24.4 Å². The van der Waals surface area contributed by atoms with Gasteiger partial charge in [-0.15, -0.1) is 0 Å². The summed E-state index contributed by atoms with van der Waals surface area (Å²) < 4.78 is 5.15. The Bertz CT molecular complexity index is 424. The number of carbonyl (C=O) groups excluding carboxylic acids is 1. The van der Waals surface area contributed by atoms with Gasteiger partial charge in [-0.2, -0.15) is 0 Å². The number of amides is 2. The van der Waals surface area contributed by atoms with Gasteiger partial charge < -0.3 is 15.0 Å². The topological polar surface area (TPSA) is 54.5 Å². The number of nitrogens with one attached hydrogen (secondary N) is 1. The number of carbonyl (C=O) groups is 1. The molecule has 1 aromatic rings. The van der Waals surface area contributed by atoms with Crippen LogP contribution in [-0.2, 0) is 11.2 Å². The highest BCUT2D eigenvalue weighted by Crippen LogP contribution is 2.27. The van der Waals surface area contributed by atoms with E-state index < -0.39 is 0 Å². The van der Waals surface area contributed by atoms with Gasteiger partial charge in [0.25, 0.3) is 0 Å². The molecule has 1 aliphatic rings. The molecule has 0 unspecified atom stereocenters. The molecule has 20 heavy (non-hydrogen) atoms.